The number of aliphatic imine (C=N–C) groups is 1. The van der Waals surface area contributed by atoms with Crippen LogP contribution >= 0.6 is 0 Å². The lowest BCUT2D eigenvalue weighted by atomic mass is 10.1. The van der Waals surface area contributed by atoms with Crippen LogP contribution in [0, 0.1) is 0 Å². The molecule has 5 heteroatoms. The second kappa shape index (κ2) is 6.16. The number of rotatable bonds is 2. The maximum atomic E-state index is 9.28. The van der Waals surface area contributed by atoms with E-state index in [1.807, 2.05) is 30.3 Å². The minimum Gasteiger partial charge on any atom is -0.410 e. The Balaban J connectivity index is 2.26. The minimum absolute atomic E-state index is 0.528. The van der Waals surface area contributed by atoms with Crippen molar-refractivity contribution in [2.75, 3.05) is 33.2 Å². The molecule has 1 aromatic rings. The molecule has 0 spiro atoms. The molecule has 0 atom stereocenters. The van der Waals surface area contributed by atoms with Crippen molar-refractivity contribution in [1.82, 2.24) is 10.2 Å². The van der Waals surface area contributed by atoms with Crippen molar-refractivity contribution in [2.24, 2.45) is 10.1 Å². The minimum atomic E-state index is 0.528. The lowest BCUT2D eigenvalue weighted by molar-refractivity contribution is 0.317. The number of benzene rings is 1. The smallest absolute Gasteiger partial charge is 0.153 e. The standard InChI is InChI=1S/C13H18N4O/c1-14-13(17-9-7-15-8-10-17)12(16-18)11-5-3-2-4-6-11/h2-6,15,18H,7-10H2,1H3/b14-13?,16-12-. The Bertz CT molecular complexity index is 436. The summed E-state index contributed by atoms with van der Waals surface area (Å²) in [5.41, 5.74) is 1.40. The predicted molar refractivity (Wildman–Crippen MR) is 72.6 cm³/mol. The van der Waals surface area contributed by atoms with E-state index in [2.05, 4.69) is 20.4 Å². The Morgan fingerprint density at radius 3 is 2.44 bits per heavy atom. The maximum absolute atomic E-state index is 9.28. The van der Waals surface area contributed by atoms with Gasteiger partial charge in [-0.3, -0.25) is 4.99 Å². The quantitative estimate of drug-likeness (QED) is 0.351. The summed E-state index contributed by atoms with van der Waals surface area (Å²) in [7, 11) is 1.73. The van der Waals surface area contributed by atoms with Crippen LogP contribution in [0.5, 0.6) is 0 Å². The Morgan fingerprint density at radius 2 is 1.89 bits per heavy atom. The molecule has 1 fully saturated rings. The molecule has 1 aliphatic heterocycles. The van der Waals surface area contributed by atoms with Gasteiger partial charge in [-0.25, -0.2) is 0 Å². The van der Waals surface area contributed by atoms with Gasteiger partial charge < -0.3 is 15.4 Å². The average molecular weight is 246 g/mol. The number of piperazine rings is 1. The summed E-state index contributed by atoms with van der Waals surface area (Å²) >= 11 is 0. The van der Waals surface area contributed by atoms with Crippen LogP contribution < -0.4 is 5.32 Å². The lowest BCUT2D eigenvalue weighted by Crippen LogP contribution is -2.49. The summed E-state index contributed by atoms with van der Waals surface area (Å²) in [6, 6.07) is 9.62. The van der Waals surface area contributed by atoms with Gasteiger partial charge in [0.2, 0.25) is 0 Å². The third-order valence-corrected chi connectivity index (χ3v) is 2.99. The Morgan fingerprint density at radius 1 is 1.22 bits per heavy atom. The Kier molecular flexibility index (Phi) is 4.30. The third-order valence-electron chi connectivity index (χ3n) is 2.99. The SMILES string of the molecule is CN=C(/C(=N\O)c1ccccc1)N1CCNCC1. The summed E-state index contributed by atoms with van der Waals surface area (Å²) in [5.74, 6) is 0.741. The normalized spacial score (nSPS) is 17.9. The second-order valence-electron chi connectivity index (χ2n) is 4.10. The summed E-state index contributed by atoms with van der Waals surface area (Å²) in [6.07, 6.45) is 0. The van der Waals surface area contributed by atoms with E-state index in [-0.39, 0.29) is 0 Å². The molecule has 1 aliphatic rings. The van der Waals surface area contributed by atoms with E-state index < -0.39 is 0 Å². The first-order chi connectivity index (χ1) is 8.86. The van der Waals surface area contributed by atoms with E-state index in [1.165, 1.54) is 0 Å². The van der Waals surface area contributed by atoms with E-state index in [0.29, 0.717) is 5.71 Å². The second-order valence-corrected chi connectivity index (χ2v) is 4.10. The number of nitrogens with one attached hydrogen (secondary N) is 1. The number of nitrogens with zero attached hydrogens (tertiary/aromatic N) is 3. The molecule has 0 radical (unpaired) electrons. The first-order valence-electron chi connectivity index (χ1n) is 6.07. The van der Waals surface area contributed by atoms with Gasteiger partial charge in [-0.05, 0) is 0 Å². The molecule has 1 aromatic carbocycles. The van der Waals surface area contributed by atoms with Crippen molar-refractivity contribution in [3.8, 4) is 0 Å². The molecular weight excluding hydrogens is 228 g/mol. The zero-order valence-corrected chi connectivity index (χ0v) is 10.5. The first kappa shape index (κ1) is 12.6. The molecule has 0 aromatic heterocycles. The molecule has 1 saturated heterocycles. The molecule has 2 rings (SSSR count). The maximum Gasteiger partial charge on any atom is 0.153 e. The third kappa shape index (κ3) is 2.68. The van der Waals surface area contributed by atoms with Crippen molar-refractivity contribution in [1.29, 1.82) is 0 Å². The van der Waals surface area contributed by atoms with Crippen LogP contribution in [0.1, 0.15) is 5.56 Å². The van der Waals surface area contributed by atoms with E-state index >= 15 is 0 Å². The van der Waals surface area contributed by atoms with Crippen LogP contribution in [0.4, 0.5) is 0 Å². The van der Waals surface area contributed by atoms with Gasteiger partial charge in [0.05, 0.1) is 0 Å². The molecule has 0 unspecified atom stereocenters. The first-order valence-corrected chi connectivity index (χ1v) is 6.07. The number of hydrogen-bond acceptors (Lipinski definition) is 4. The highest BCUT2D eigenvalue weighted by molar-refractivity contribution is 6.47. The highest BCUT2D eigenvalue weighted by Crippen LogP contribution is 2.07. The molecule has 96 valence electrons. The zero-order chi connectivity index (χ0) is 12.8. The topological polar surface area (TPSA) is 60.2 Å². The molecular formula is C13H18N4O. The fourth-order valence-corrected chi connectivity index (χ4v) is 2.10. The molecule has 0 aliphatic carbocycles. The molecule has 0 amide bonds. The van der Waals surface area contributed by atoms with Crippen LogP contribution in [0.3, 0.4) is 0 Å². The van der Waals surface area contributed by atoms with Gasteiger partial charge in [-0.2, -0.15) is 0 Å². The Labute approximate surface area is 107 Å². The average Bonchev–Trinajstić information content (AvgIpc) is 2.46. The van der Waals surface area contributed by atoms with Crippen LogP contribution in [0.15, 0.2) is 40.5 Å². The molecule has 18 heavy (non-hydrogen) atoms. The van der Waals surface area contributed by atoms with Crippen molar-refractivity contribution in [2.45, 2.75) is 0 Å². The highest BCUT2D eigenvalue weighted by atomic mass is 16.4. The summed E-state index contributed by atoms with van der Waals surface area (Å²) in [5, 5.41) is 16.0. The summed E-state index contributed by atoms with van der Waals surface area (Å²) in [4.78, 5) is 6.42. The number of oxime groups is 1. The molecule has 0 saturated carbocycles. The zero-order valence-electron chi connectivity index (χ0n) is 10.5. The largest absolute Gasteiger partial charge is 0.410 e. The van der Waals surface area contributed by atoms with Crippen molar-refractivity contribution in [3.05, 3.63) is 35.9 Å². The number of amidine groups is 1. The van der Waals surface area contributed by atoms with Crippen molar-refractivity contribution >= 4 is 11.5 Å². The Hall–Kier alpha value is -1.88. The van der Waals surface area contributed by atoms with E-state index in [9.17, 15) is 5.21 Å². The summed E-state index contributed by atoms with van der Waals surface area (Å²) < 4.78 is 0. The van der Waals surface area contributed by atoms with Gasteiger partial charge in [0.25, 0.3) is 0 Å². The monoisotopic (exact) mass is 246 g/mol. The van der Waals surface area contributed by atoms with E-state index in [1.54, 1.807) is 7.05 Å². The molecule has 1 heterocycles. The van der Waals surface area contributed by atoms with E-state index in [0.717, 1.165) is 37.6 Å². The molecule has 0 bridgehead atoms. The van der Waals surface area contributed by atoms with Gasteiger partial charge in [-0.1, -0.05) is 35.5 Å². The fraction of sp³-hybridized carbons (Fsp3) is 0.385. The van der Waals surface area contributed by atoms with Gasteiger partial charge in [0.1, 0.15) is 0 Å². The van der Waals surface area contributed by atoms with Gasteiger partial charge in [0, 0.05) is 38.8 Å². The van der Waals surface area contributed by atoms with Gasteiger partial charge in [-0.15, -0.1) is 0 Å². The van der Waals surface area contributed by atoms with Gasteiger partial charge in [0.15, 0.2) is 11.5 Å². The lowest BCUT2D eigenvalue weighted by Gasteiger charge is -2.30. The van der Waals surface area contributed by atoms with Crippen LogP contribution in [0.25, 0.3) is 0 Å². The molecule has 5 nitrogen and oxygen atoms in total. The summed E-state index contributed by atoms with van der Waals surface area (Å²) in [6.45, 7) is 3.59. The van der Waals surface area contributed by atoms with Crippen LogP contribution in [-0.2, 0) is 0 Å². The van der Waals surface area contributed by atoms with Crippen molar-refractivity contribution in [3.63, 3.8) is 0 Å². The highest BCUT2D eigenvalue weighted by Gasteiger charge is 2.20. The van der Waals surface area contributed by atoms with E-state index in [4.69, 9.17) is 0 Å². The van der Waals surface area contributed by atoms with Crippen molar-refractivity contribution < 1.29 is 5.21 Å². The predicted octanol–water partition coefficient (Wildman–Crippen LogP) is 0.798. The van der Waals surface area contributed by atoms with Crippen LogP contribution in [0.2, 0.25) is 0 Å². The molecule has 2 N–H and O–H groups in total. The van der Waals surface area contributed by atoms with Gasteiger partial charge >= 0.3 is 0 Å². The number of hydrogen-bond donors (Lipinski definition) is 2. The fourth-order valence-electron chi connectivity index (χ4n) is 2.10. The van der Waals surface area contributed by atoms with Crippen LogP contribution in [-0.4, -0.2) is 54.9 Å².